The number of esters is 1. The number of aryl methyl sites for hydroxylation is 1. The summed E-state index contributed by atoms with van der Waals surface area (Å²) >= 11 is 0. The number of hydrogen-bond acceptors (Lipinski definition) is 4. The number of piperidine rings is 1. The highest BCUT2D eigenvalue weighted by molar-refractivity contribution is 5.99. The van der Waals surface area contributed by atoms with Crippen molar-refractivity contribution in [2.45, 2.75) is 46.1 Å². The third kappa shape index (κ3) is 5.18. The van der Waals surface area contributed by atoms with E-state index in [-0.39, 0.29) is 11.3 Å². The Morgan fingerprint density at radius 1 is 1.09 bits per heavy atom. The molecule has 2 aromatic carbocycles. The van der Waals surface area contributed by atoms with E-state index in [9.17, 15) is 14.4 Å². The Balaban J connectivity index is 1.64. The molecule has 0 radical (unpaired) electrons. The smallest absolute Gasteiger partial charge is 0.337 e. The lowest BCUT2D eigenvalue weighted by molar-refractivity contribution is -0.136. The highest BCUT2D eigenvalue weighted by atomic mass is 16.5. The summed E-state index contributed by atoms with van der Waals surface area (Å²) in [6.45, 7) is 9.44. The molecule has 0 aromatic heterocycles. The summed E-state index contributed by atoms with van der Waals surface area (Å²) in [5.41, 5.74) is 3.06. The van der Waals surface area contributed by atoms with Gasteiger partial charge >= 0.3 is 5.97 Å². The van der Waals surface area contributed by atoms with Gasteiger partial charge in [-0.3, -0.25) is 9.59 Å². The van der Waals surface area contributed by atoms with Crippen molar-refractivity contribution in [3.8, 4) is 0 Å². The van der Waals surface area contributed by atoms with Crippen molar-refractivity contribution in [2.75, 3.05) is 20.2 Å². The Labute approximate surface area is 189 Å². The molecule has 1 saturated heterocycles. The number of ether oxygens (including phenoxy) is 1. The van der Waals surface area contributed by atoms with Crippen LogP contribution in [0.15, 0.2) is 48.5 Å². The molecule has 6 nitrogen and oxygen atoms in total. The SMILES string of the molecule is COC(=O)c1cccc(C(=O)N[C@H](C)C(=O)N2CC[C@H](c3ccc(C)cc3)C(C)(C)C2)c1. The second kappa shape index (κ2) is 9.55. The minimum Gasteiger partial charge on any atom is -0.465 e. The van der Waals surface area contributed by atoms with Crippen molar-refractivity contribution in [1.29, 1.82) is 0 Å². The summed E-state index contributed by atoms with van der Waals surface area (Å²) in [6.07, 6.45) is 0.879. The van der Waals surface area contributed by atoms with Gasteiger partial charge in [0.05, 0.1) is 12.7 Å². The quantitative estimate of drug-likeness (QED) is 0.721. The minimum absolute atomic E-state index is 0.0816. The van der Waals surface area contributed by atoms with E-state index in [0.29, 0.717) is 30.1 Å². The normalized spacial score (nSPS) is 18.5. The molecule has 170 valence electrons. The molecule has 2 amide bonds. The standard InChI is InChI=1S/C26H32N2O4/c1-17-9-11-19(12-10-17)22-13-14-28(16-26(22,3)4)24(30)18(2)27-23(29)20-7-6-8-21(15-20)25(31)32-5/h6-12,15,18,22H,13-14,16H2,1-5H3,(H,27,29)/t18-,22-/m1/s1. The molecule has 0 aliphatic carbocycles. The molecule has 0 unspecified atom stereocenters. The van der Waals surface area contributed by atoms with Gasteiger partial charge in [0.2, 0.25) is 5.91 Å². The number of likely N-dealkylation sites (tertiary alicyclic amines) is 1. The first-order valence-corrected chi connectivity index (χ1v) is 11.0. The topological polar surface area (TPSA) is 75.7 Å². The van der Waals surface area contributed by atoms with E-state index in [1.165, 1.54) is 24.3 Å². The molecule has 0 spiro atoms. The number of carbonyl (C=O) groups is 3. The van der Waals surface area contributed by atoms with Crippen molar-refractivity contribution in [2.24, 2.45) is 5.41 Å². The fraction of sp³-hybridized carbons (Fsp3) is 0.423. The number of carbonyl (C=O) groups excluding carboxylic acids is 3. The van der Waals surface area contributed by atoms with Crippen LogP contribution in [0.3, 0.4) is 0 Å². The third-order valence-electron chi connectivity index (χ3n) is 6.28. The van der Waals surface area contributed by atoms with Crippen LogP contribution in [0.1, 0.15) is 65.0 Å². The van der Waals surface area contributed by atoms with E-state index in [4.69, 9.17) is 4.74 Å². The van der Waals surface area contributed by atoms with E-state index in [1.54, 1.807) is 25.1 Å². The maximum absolute atomic E-state index is 13.1. The fourth-order valence-corrected chi connectivity index (χ4v) is 4.48. The lowest BCUT2D eigenvalue weighted by atomic mass is 9.70. The minimum atomic E-state index is -0.670. The molecule has 2 atom stereocenters. The second-order valence-corrected chi connectivity index (χ2v) is 9.27. The summed E-state index contributed by atoms with van der Waals surface area (Å²) < 4.78 is 4.70. The number of methoxy groups -OCH3 is 1. The molecule has 6 heteroatoms. The largest absolute Gasteiger partial charge is 0.465 e. The van der Waals surface area contributed by atoms with Crippen LogP contribution in [0.2, 0.25) is 0 Å². The Hall–Kier alpha value is -3.15. The number of benzene rings is 2. The highest BCUT2D eigenvalue weighted by Gasteiger charge is 2.39. The van der Waals surface area contributed by atoms with Crippen molar-refractivity contribution in [3.63, 3.8) is 0 Å². The van der Waals surface area contributed by atoms with Crippen LogP contribution < -0.4 is 5.32 Å². The Kier molecular flexibility index (Phi) is 7.02. The number of nitrogens with zero attached hydrogens (tertiary/aromatic N) is 1. The highest BCUT2D eigenvalue weighted by Crippen LogP contribution is 2.42. The molecule has 1 aliphatic heterocycles. The summed E-state index contributed by atoms with van der Waals surface area (Å²) in [5, 5.41) is 2.77. The molecule has 1 N–H and O–H groups in total. The lowest BCUT2D eigenvalue weighted by Gasteiger charge is -2.45. The van der Waals surface area contributed by atoms with Crippen LogP contribution >= 0.6 is 0 Å². The van der Waals surface area contributed by atoms with Crippen LogP contribution in [0.25, 0.3) is 0 Å². The lowest BCUT2D eigenvalue weighted by Crippen LogP contribution is -2.53. The third-order valence-corrected chi connectivity index (χ3v) is 6.28. The molecule has 1 fully saturated rings. The van der Waals surface area contributed by atoms with Crippen molar-refractivity contribution in [1.82, 2.24) is 10.2 Å². The van der Waals surface area contributed by atoms with E-state index in [2.05, 4.69) is 50.4 Å². The first-order valence-electron chi connectivity index (χ1n) is 11.0. The average molecular weight is 437 g/mol. The number of amides is 2. The van der Waals surface area contributed by atoms with Gasteiger partial charge in [-0.05, 0) is 55.4 Å². The van der Waals surface area contributed by atoms with Gasteiger partial charge in [-0.2, -0.15) is 0 Å². The van der Waals surface area contributed by atoms with Crippen LogP contribution in [0.5, 0.6) is 0 Å². The van der Waals surface area contributed by atoms with Crippen molar-refractivity contribution < 1.29 is 19.1 Å². The van der Waals surface area contributed by atoms with Gasteiger partial charge in [0, 0.05) is 18.7 Å². The predicted octanol–water partition coefficient (Wildman–Crippen LogP) is 3.94. The summed E-state index contributed by atoms with van der Waals surface area (Å²) in [6, 6.07) is 14.2. The Bertz CT molecular complexity index is 997. The zero-order valence-corrected chi connectivity index (χ0v) is 19.5. The zero-order valence-electron chi connectivity index (χ0n) is 19.5. The van der Waals surface area contributed by atoms with Gasteiger partial charge in [-0.1, -0.05) is 49.7 Å². The summed E-state index contributed by atoms with van der Waals surface area (Å²) in [7, 11) is 1.29. The zero-order chi connectivity index (χ0) is 23.5. The van der Waals surface area contributed by atoms with E-state index >= 15 is 0 Å². The van der Waals surface area contributed by atoms with Gasteiger partial charge in [-0.25, -0.2) is 4.79 Å². The average Bonchev–Trinajstić information content (AvgIpc) is 2.78. The van der Waals surface area contributed by atoms with E-state index < -0.39 is 17.9 Å². The summed E-state index contributed by atoms with van der Waals surface area (Å²) in [4.78, 5) is 39.3. The van der Waals surface area contributed by atoms with Gasteiger partial charge in [0.25, 0.3) is 5.91 Å². The monoisotopic (exact) mass is 436 g/mol. The Morgan fingerprint density at radius 2 is 1.75 bits per heavy atom. The first-order chi connectivity index (χ1) is 15.1. The fourth-order valence-electron chi connectivity index (χ4n) is 4.48. The first kappa shape index (κ1) is 23.5. The maximum Gasteiger partial charge on any atom is 0.337 e. The van der Waals surface area contributed by atoms with Gasteiger partial charge < -0.3 is 15.0 Å². The van der Waals surface area contributed by atoms with Crippen LogP contribution in [-0.2, 0) is 9.53 Å². The molecule has 0 saturated carbocycles. The molecule has 32 heavy (non-hydrogen) atoms. The van der Waals surface area contributed by atoms with E-state index in [1.807, 2.05) is 4.90 Å². The van der Waals surface area contributed by atoms with Gasteiger partial charge in [-0.15, -0.1) is 0 Å². The van der Waals surface area contributed by atoms with Crippen LogP contribution in [0.4, 0.5) is 0 Å². The number of nitrogens with one attached hydrogen (secondary N) is 1. The molecule has 2 aromatic rings. The second-order valence-electron chi connectivity index (χ2n) is 9.27. The molecule has 1 heterocycles. The Morgan fingerprint density at radius 3 is 2.38 bits per heavy atom. The van der Waals surface area contributed by atoms with Gasteiger partial charge in [0.1, 0.15) is 6.04 Å². The molecule has 0 bridgehead atoms. The molecular formula is C26H32N2O4. The van der Waals surface area contributed by atoms with Crippen LogP contribution in [0, 0.1) is 12.3 Å². The molecular weight excluding hydrogens is 404 g/mol. The van der Waals surface area contributed by atoms with Crippen molar-refractivity contribution in [3.05, 3.63) is 70.8 Å². The maximum atomic E-state index is 13.1. The predicted molar refractivity (Wildman–Crippen MR) is 124 cm³/mol. The molecule has 3 rings (SSSR count). The molecule has 1 aliphatic rings. The summed E-state index contributed by atoms with van der Waals surface area (Å²) in [5.74, 6) is -0.635. The van der Waals surface area contributed by atoms with Crippen molar-refractivity contribution >= 4 is 17.8 Å². The number of rotatable bonds is 5. The van der Waals surface area contributed by atoms with Crippen LogP contribution in [-0.4, -0.2) is 48.9 Å². The van der Waals surface area contributed by atoms with E-state index in [0.717, 1.165) is 6.42 Å². The van der Waals surface area contributed by atoms with Gasteiger partial charge in [0.15, 0.2) is 0 Å². The number of hydrogen-bond donors (Lipinski definition) is 1.